The molecule has 1 saturated carbocycles. The van der Waals surface area contributed by atoms with Crippen LogP contribution in [0.1, 0.15) is 18.4 Å². The highest BCUT2D eigenvalue weighted by Crippen LogP contribution is 2.33. The highest BCUT2D eigenvalue weighted by molar-refractivity contribution is 5.85. The molecule has 15 heavy (non-hydrogen) atoms. The molecule has 0 aliphatic heterocycles. The van der Waals surface area contributed by atoms with E-state index in [4.69, 9.17) is 10.5 Å². The van der Waals surface area contributed by atoms with Crippen LogP contribution in [-0.4, -0.2) is 12.1 Å². The smallest absolute Gasteiger partial charge is 0.165 e. The zero-order valence-electron chi connectivity index (χ0n) is 8.63. The number of hydrogen-bond donors (Lipinski definition) is 1. The molecule has 0 atom stereocenters. The Balaban J connectivity index is 0.00000112. The van der Waals surface area contributed by atoms with Crippen LogP contribution in [0.2, 0.25) is 0 Å². The highest BCUT2D eigenvalue weighted by Gasteiger charge is 2.39. The average molecular weight is 232 g/mol. The number of hydrogen-bond acceptors (Lipinski definition) is 2. The Bertz CT molecular complexity index is 352. The van der Waals surface area contributed by atoms with E-state index in [1.807, 2.05) is 13.0 Å². The summed E-state index contributed by atoms with van der Waals surface area (Å²) in [6, 6.07) is 4.94. The van der Waals surface area contributed by atoms with Crippen molar-refractivity contribution >= 4 is 12.4 Å². The Morgan fingerprint density at radius 2 is 2.13 bits per heavy atom. The molecular weight excluding hydrogens is 217 g/mol. The number of benzene rings is 1. The van der Waals surface area contributed by atoms with Gasteiger partial charge in [-0.1, -0.05) is 6.07 Å². The summed E-state index contributed by atoms with van der Waals surface area (Å²) in [4.78, 5) is 0. The van der Waals surface area contributed by atoms with Gasteiger partial charge >= 0.3 is 0 Å². The minimum atomic E-state index is -0.311. The zero-order valence-corrected chi connectivity index (χ0v) is 9.44. The minimum Gasteiger partial charge on any atom is -0.489 e. The third kappa shape index (κ3) is 3.08. The molecule has 1 fully saturated rings. The second-order valence-electron chi connectivity index (χ2n) is 4.08. The first-order chi connectivity index (χ1) is 6.59. The van der Waals surface area contributed by atoms with Gasteiger partial charge in [-0.25, -0.2) is 4.39 Å². The lowest BCUT2D eigenvalue weighted by atomic mass is 10.2. The summed E-state index contributed by atoms with van der Waals surface area (Å²) in [6.45, 7) is 2.26. The van der Waals surface area contributed by atoms with Crippen molar-refractivity contribution in [3.8, 4) is 5.75 Å². The molecule has 2 N–H and O–H groups in total. The van der Waals surface area contributed by atoms with Crippen molar-refractivity contribution in [2.45, 2.75) is 25.3 Å². The molecule has 1 aromatic rings. The van der Waals surface area contributed by atoms with Crippen molar-refractivity contribution in [1.29, 1.82) is 0 Å². The van der Waals surface area contributed by atoms with Gasteiger partial charge in [-0.05, 0) is 37.5 Å². The number of ether oxygens (including phenoxy) is 1. The molecule has 1 aliphatic carbocycles. The van der Waals surface area contributed by atoms with Gasteiger partial charge in [-0.3, -0.25) is 0 Å². The summed E-state index contributed by atoms with van der Waals surface area (Å²) in [5, 5.41) is 0. The summed E-state index contributed by atoms with van der Waals surface area (Å²) < 4.78 is 18.6. The van der Waals surface area contributed by atoms with Crippen LogP contribution in [0, 0.1) is 12.7 Å². The van der Waals surface area contributed by atoms with Gasteiger partial charge in [0.15, 0.2) is 11.6 Å². The van der Waals surface area contributed by atoms with Gasteiger partial charge in [-0.15, -0.1) is 12.4 Å². The molecule has 1 aliphatic rings. The van der Waals surface area contributed by atoms with Crippen LogP contribution in [0.3, 0.4) is 0 Å². The van der Waals surface area contributed by atoms with Crippen molar-refractivity contribution in [2.75, 3.05) is 6.61 Å². The Labute approximate surface area is 95.0 Å². The number of aryl methyl sites for hydroxylation is 1. The Morgan fingerprint density at radius 1 is 1.47 bits per heavy atom. The first-order valence-electron chi connectivity index (χ1n) is 4.77. The van der Waals surface area contributed by atoms with E-state index in [1.54, 1.807) is 6.07 Å². The molecule has 2 rings (SSSR count). The molecule has 0 saturated heterocycles. The van der Waals surface area contributed by atoms with Crippen LogP contribution >= 0.6 is 12.4 Å². The Kier molecular flexibility index (Phi) is 3.58. The lowest BCUT2D eigenvalue weighted by Crippen LogP contribution is -2.29. The highest BCUT2D eigenvalue weighted by atomic mass is 35.5. The van der Waals surface area contributed by atoms with Crippen LogP contribution in [0.15, 0.2) is 18.2 Å². The Morgan fingerprint density at radius 3 is 2.67 bits per heavy atom. The van der Waals surface area contributed by atoms with E-state index in [0.717, 1.165) is 18.4 Å². The number of halogens is 2. The van der Waals surface area contributed by atoms with Gasteiger partial charge in [0.2, 0.25) is 0 Å². The van der Waals surface area contributed by atoms with Crippen molar-refractivity contribution in [2.24, 2.45) is 5.73 Å². The van der Waals surface area contributed by atoms with Crippen LogP contribution in [0.4, 0.5) is 4.39 Å². The molecule has 0 aromatic heterocycles. The third-order valence-corrected chi connectivity index (χ3v) is 2.49. The van der Waals surface area contributed by atoms with Gasteiger partial charge in [0.1, 0.15) is 6.61 Å². The molecule has 84 valence electrons. The van der Waals surface area contributed by atoms with E-state index < -0.39 is 0 Å². The zero-order chi connectivity index (χ0) is 10.2. The van der Waals surface area contributed by atoms with E-state index in [0.29, 0.717) is 12.4 Å². The lowest BCUT2D eigenvalue weighted by molar-refractivity contribution is 0.267. The van der Waals surface area contributed by atoms with Crippen LogP contribution in [0.25, 0.3) is 0 Å². The predicted octanol–water partition coefficient (Wildman–Crippen LogP) is 2.43. The van der Waals surface area contributed by atoms with E-state index in [9.17, 15) is 4.39 Å². The first-order valence-corrected chi connectivity index (χ1v) is 4.77. The molecule has 1 aromatic carbocycles. The SMILES string of the molecule is Cc1ccc(OCC2(N)CC2)c(F)c1.Cl. The summed E-state index contributed by atoms with van der Waals surface area (Å²) in [5.41, 5.74) is 6.52. The summed E-state index contributed by atoms with van der Waals surface area (Å²) in [5.74, 6) is -0.0124. The number of rotatable bonds is 3. The topological polar surface area (TPSA) is 35.2 Å². The van der Waals surface area contributed by atoms with E-state index in [-0.39, 0.29) is 23.8 Å². The summed E-state index contributed by atoms with van der Waals surface area (Å²) in [7, 11) is 0. The van der Waals surface area contributed by atoms with Crippen molar-refractivity contribution < 1.29 is 9.13 Å². The molecule has 0 radical (unpaired) electrons. The molecule has 2 nitrogen and oxygen atoms in total. The van der Waals surface area contributed by atoms with Gasteiger partial charge in [0, 0.05) is 0 Å². The van der Waals surface area contributed by atoms with Crippen LogP contribution in [-0.2, 0) is 0 Å². The Hall–Kier alpha value is -0.800. The average Bonchev–Trinajstić information content (AvgIpc) is 2.83. The van der Waals surface area contributed by atoms with Crippen molar-refractivity contribution in [3.05, 3.63) is 29.6 Å². The maximum atomic E-state index is 13.3. The minimum absolute atomic E-state index is 0. The van der Waals surface area contributed by atoms with Crippen molar-refractivity contribution in [3.63, 3.8) is 0 Å². The van der Waals surface area contributed by atoms with Gasteiger partial charge in [-0.2, -0.15) is 0 Å². The number of nitrogens with two attached hydrogens (primary N) is 1. The van der Waals surface area contributed by atoms with Gasteiger partial charge in [0.25, 0.3) is 0 Å². The molecule has 0 bridgehead atoms. The van der Waals surface area contributed by atoms with E-state index >= 15 is 0 Å². The maximum Gasteiger partial charge on any atom is 0.165 e. The normalized spacial score (nSPS) is 16.7. The second kappa shape index (κ2) is 4.37. The molecule has 0 heterocycles. The fourth-order valence-corrected chi connectivity index (χ4v) is 1.25. The summed E-state index contributed by atoms with van der Waals surface area (Å²) >= 11 is 0. The molecule has 0 unspecified atom stereocenters. The van der Waals surface area contributed by atoms with Crippen LogP contribution in [0.5, 0.6) is 5.75 Å². The van der Waals surface area contributed by atoms with E-state index in [1.165, 1.54) is 6.07 Å². The summed E-state index contributed by atoms with van der Waals surface area (Å²) in [6.07, 6.45) is 1.95. The third-order valence-electron chi connectivity index (χ3n) is 2.49. The monoisotopic (exact) mass is 231 g/mol. The predicted molar refractivity (Wildman–Crippen MR) is 60.0 cm³/mol. The molecular formula is C11H15ClFNO. The maximum absolute atomic E-state index is 13.3. The molecule has 4 heteroatoms. The largest absolute Gasteiger partial charge is 0.489 e. The van der Waals surface area contributed by atoms with Crippen molar-refractivity contribution in [1.82, 2.24) is 0 Å². The van der Waals surface area contributed by atoms with Gasteiger partial charge in [0.05, 0.1) is 5.54 Å². The fourth-order valence-electron chi connectivity index (χ4n) is 1.25. The first kappa shape index (κ1) is 12.3. The molecule has 0 spiro atoms. The second-order valence-corrected chi connectivity index (χ2v) is 4.08. The fraction of sp³-hybridized carbons (Fsp3) is 0.455. The molecule has 0 amide bonds. The quantitative estimate of drug-likeness (QED) is 0.867. The van der Waals surface area contributed by atoms with Crippen LogP contribution < -0.4 is 10.5 Å². The lowest BCUT2D eigenvalue weighted by Gasteiger charge is -2.11. The standard InChI is InChI=1S/C11H14FNO.ClH/c1-8-2-3-10(9(12)6-8)14-7-11(13)4-5-11;/h2-3,6H,4-5,7,13H2,1H3;1H. The van der Waals surface area contributed by atoms with E-state index in [2.05, 4.69) is 0 Å². The van der Waals surface area contributed by atoms with Gasteiger partial charge < -0.3 is 10.5 Å².